The first-order chi connectivity index (χ1) is 20.8. The van der Waals surface area contributed by atoms with Crippen LogP contribution in [0.25, 0.3) is 49.9 Å². The smallest absolute Gasteiger partial charge is 0.138 e. The number of hydrogen-bond donors (Lipinski definition) is 0. The largest absolute Gasteiger partial charge is 0.294 e. The highest BCUT2D eigenvalue weighted by atomic mass is 15.1. The van der Waals surface area contributed by atoms with Gasteiger partial charge in [0.1, 0.15) is 5.82 Å². The zero-order valence-corrected chi connectivity index (χ0v) is 25.1. The first kappa shape index (κ1) is 24.9. The van der Waals surface area contributed by atoms with Crippen molar-refractivity contribution in [3.05, 3.63) is 143 Å². The van der Waals surface area contributed by atoms with Crippen LogP contribution < -0.4 is 0 Å². The lowest BCUT2D eigenvalue weighted by atomic mass is 9.68. The highest BCUT2D eigenvalue weighted by molar-refractivity contribution is 6.12. The third kappa shape index (κ3) is 3.27. The Kier molecular flexibility index (Phi) is 4.88. The lowest BCUT2D eigenvalue weighted by molar-refractivity contribution is 0.394. The molecule has 0 saturated heterocycles. The molecule has 0 radical (unpaired) electrons. The Balaban J connectivity index is 1.28. The maximum atomic E-state index is 4.93. The number of allylic oxidation sites excluding steroid dienone is 4. The van der Waals surface area contributed by atoms with E-state index in [0.29, 0.717) is 5.92 Å². The van der Waals surface area contributed by atoms with E-state index in [2.05, 4.69) is 141 Å². The maximum absolute atomic E-state index is 4.93. The second-order valence-corrected chi connectivity index (χ2v) is 13.7. The van der Waals surface area contributed by atoms with E-state index in [-0.39, 0.29) is 10.8 Å². The van der Waals surface area contributed by atoms with Gasteiger partial charge in [-0.2, -0.15) is 0 Å². The average molecular weight is 555 g/mol. The van der Waals surface area contributed by atoms with E-state index in [4.69, 9.17) is 4.98 Å². The van der Waals surface area contributed by atoms with E-state index in [1.165, 1.54) is 66.3 Å². The van der Waals surface area contributed by atoms with Crippen molar-refractivity contribution < 1.29 is 0 Å². The fourth-order valence-electron chi connectivity index (χ4n) is 8.51. The number of pyridine rings is 1. The third-order valence-corrected chi connectivity index (χ3v) is 10.8. The van der Waals surface area contributed by atoms with Crippen molar-refractivity contribution in [2.45, 2.75) is 44.9 Å². The normalized spacial score (nSPS) is 19.3. The molecule has 2 heterocycles. The molecule has 208 valence electrons. The zero-order valence-electron chi connectivity index (χ0n) is 25.1. The molecule has 9 rings (SSSR count). The number of benzene rings is 4. The quantitative estimate of drug-likeness (QED) is 0.208. The second-order valence-electron chi connectivity index (χ2n) is 13.7. The molecule has 2 aromatic heterocycles. The van der Waals surface area contributed by atoms with Gasteiger partial charge >= 0.3 is 0 Å². The number of para-hydroxylation sites is 1. The Morgan fingerprint density at radius 3 is 2.30 bits per heavy atom. The molecule has 4 aromatic carbocycles. The van der Waals surface area contributed by atoms with Crippen LogP contribution >= 0.6 is 0 Å². The number of hydrogen-bond acceptors (Lipinski definition) is 1. The van der Waals surface area contributed by atoms with Crippen LogP contribution in [0.15, 0.2) is 121 Å². The van der Waals surface area contributed by atoms with Crippen molar-refractivity contribution in [2.24, 2.45) is 5.92 Å². The lowest BCUT2D eigenvalue weighted by Gasteiger charge is -2.35. The fourth-order valence-corrected chi connectivity index (χ4v) is 8.51. The summed E-state index contributed by atoms with van der Waals surface area (Å²) in [7, 11) is 0. The topological polar surface area (TPSA) is 17.8 Å². The Bertz CT molecular complexity index is 2200. The van der Waals surface area contributed by atoms with Crippen LogP contribution in [-0.4, -0.2) is 9.55 Å². The Hall–Kier alpha value is -4.69. The van der Waals surface area contributed by atoms with Crippen LogP contribution in [-0.2, 0) is 10.8 Å². The molecular formula is C41H34N2. The standard InChI is InChI=1S/C41H34N2/c1-40(2)33-16-10-8-14-27(33)29-21-30-31-22-32-28-15-9-11-17-37(28)43(38(32)24-36(31)41(3,4)35(30)23-34(29)40)39-20-26(18-19-42-39)25-12-6-5-7-13-25/h5-22,24,34H,23H2,1-4H3. The second kappa shape index (κ2) is 8.45. The van der Waals surface area contributed by atoms with Crippen LogP contribution in [0.2, 0.25) is 0 Å². The van der Waals surface area contributed by atoms with E-state index >= 15 is 0 Å². The summed E-state index contributed by atoms with van der Waals surface area (Å²) in [5, 5.41) is 2.56. The predicted molar refractivity (Wildman–Crippen MR) is 180 cm³/mol. The summed E-state index contributed by atoms with van der Waals surface area (Å²) < 4.78 is 2.37. The number of aromatic nitrogens is 2. The minimum absolute atomic E-state index is 0.0493. The van der Waals surface area contributed by atoms with Gasteiger partial charge in [-0.1, -0.05) is 112 Å². The van der Waals surface area contributed by atoms with Crippen LogP contribution in [0.1, 0.15) is 56.4 Å². The van der Waals surface area contributed by atoms with Gasteiger partial charge in [-0.3, -0.25) is 4.57 Å². The van der Waals surface area contributed by atoms with Crippen LogP contribution in [0.3, 0.4) is 0 Å². The van der Waals surface area contributed by atoms with Gasteiger partial charge in [0.15, 0.2) is 0 Å². The Morgan fingerprint density at radius 1 is 0.674 bits per heavy atom. The van der Waals surface area contributed by atoms with Gasteiger partial charge in [0, 0.05) is 22.4 Å². The van der Waals surface area contributed by atoms with E-state index < -0.39 is 0 Å². The van der Waals surface area contributed by atoms with Crippen molar-refractivity contribution >= 4 is 33.0 Å². The Labute approximate surface area is 253 Å². The molecule has 2 nitrogen and oxygen atoms in total. The van der Waals surface area contributed by atoms with Crippen molar-refractivity contribution in [3.8, 4) is 16.9 Å². The Morgan fingerprint density at radius 2 is 1.44 bits per heavy atom. The summed E-state index contributed by atoms with van der Waals surface area (Å²) in [6.45, 7) is 9.76. The van der Waals surface area contributed by atoms with E-state index in [0.717, 1.165) is 12.2 Å². The average Bonchev–Trinajstić information content (AvgIpc) is 3.56. The number of rotatable bonds is 2. The molecule has 1 unspecified atom stereocenters. The predicted octanol–water partition coefficient (Wildman–Crippen LogP) is 10.3. The molecular weight excluding hydrogens is 520 g/mol. The molecule has 0 N–H and O–H groups in total. The first-order valence-corrected chi connectivity index (χ1v) is 15.5. The van der Waals surface area contributed by atoms with Crippen LogP contribution in [0.5, 0.6) is 0 Å². The maximum Gasteiger partial charge on any atom is 0.138 e. The monoisotopic (exact) mass is 554 g/mol. The van der Waals surface area contributed by atoms with Gasteiger partial charge in [-0.25, -0.2) is 4.98 Å². The summed E-state index contributed by atoms with van der Waals surface area (Å²) in [6.07, 6.45) is 5.61. The van der Waals surface area contributed by atoms with Gasteiger partial charge in [-0.05, 0) is 92.6 Å². The molecule has 0 fully saturated rings. The van der Waals surface area contributed by atoms with E-state index in [9.17, 15) is 0 Å². The van der Waals surface area contributed by atoms with Crippen molar-refractivity contribution in [3.63, 3.8) is 0 Å². The first-order valence-electron chi connectivity index (χ1n) is 15.5. The number of nitrogens with zero attached hydrogens (tertiary/aromatic N) is 2. The van der Waals surface area contributed by atoms with Crippen LogP contribution in [0, 0.1) is 5.92 Å². The summed E-state index contributed by atoms with van der Waals surface area (Å²) in [4.78, 5) is 4.93. The molecule has 43 heavy (non-hydrogen) atoms. The van der Waals surface area contributed by atoms with Gasteiger partial charge in [0.2, 0.25) is 0 Å². The molecule has 0 spiro atoms. The third-order valence-electron chi connectivity index (χ3n) is 10.8. The molecule has 2 heteroatoms. The molecule has 6 aromatic rings. The number of fused-ring (bicyclic) bond motifs is 8. The molecule has 1 atom stereocenters. The summed E-state index contributed by atoms with van der Waals surface area (Å²) in [5.74, 6) is 1.46. The molecule has 0 aliphatic heterocycles. The van der Waals surface area contributed by atoms with E-state index in [1.807, 2.05) is 6.20 Å². The molecule has 0 amide bonds. The zero-order chi connectivity index (χ0) is 29.1. The minimum atomic E-state index is -0.0493. The van der Waals surface area contributed by atoms with E-state index in [1.54, 1.807) is 5.57 Å². The van der Waals surface area contributed by atoms with Gasteiger partial charge in [-0.15, -0.1) is 0 Å². The highest BCUT2D eigenvalue weighted by Gasteiger charge is 2.49. The van der Waals surface area contributed by atoms with Crippen molar-refractivity contribution in [1.29, 1.82) is 0 Å². The van der Waals surface area contributed by atoms with Gasteiger partial charge < -0.3 is 0 Å². The van der Waals surface area contributed by atoms with Gasteiger partial charge in [0.05, 0.1) is 11.0 Å². The minimum Gasteiger partial charge on any atom is -0.294 e. The SMILES string of the molecule is CC1(C)C2=C(C=C3c4ccccc4C(C)(C)C3C2)c2cc3c4ccccc4n(-c4cc(-c5ccccc5)ccn4)c3cc21. The summed E-state index contributed by atoms with van der Waals surface area (Å²) in [6, 6.07) is 37.8. The molecule has 0 bridgehead atoms. The molecule has 3 aliphatic rings. The molecule has 0 saturated carbocycles. The lowest BCUT2D eigenvalue weighted by Crippen LogP contribution is -2.28. The molecule has 3 aliphatic carbocycles. The van der Waals surface area contributed by atoms with Crippen molar-refractivity contribution in [2.75, 3.05) is 0 Å². The van der Waals surface area contributed by atoms with Crippen molar-refractivity contribution in [1.82, 2.24) is 9.55 Å². The highest BCUT2D eigenvalue weighted by Crippen LogP contribution is 2.61. The summed E-state index contributed by atoms with van der Waals surface area (Å²) >= 11 is 0. The van der Waals surface area contributed by atoms with Gasteiger partial charge in [0.25, 0.3) is 0 Å². The summed E-state index contributed by atoms with van der Waals surface area (Å²) in [5.41, 5.74) is 15.2. The fraction of sp³-hybridized carbons (Fsp3) is 0.195. The van der Waals surface area contributed by atoms with Crippen LogP contribution in [0.4, 0.5) is 0 Å².